The predicted molar refractivity (Wildman–Crippen MR) is 104 cm³/mol. The molecule has 0 aromatic heterocycles. The molecule has 0 spiro atoms. The van der Waals surface area contributed by atoms with Gasteiger partial charge in [0.15, 0.2) is 0 Å². The highest BCUT2D eigenvalue weighted by Gasteiger charge is 2.28. The third-order valence-corrected chi connectivity index (χ3v) is 4.34. The van der Waals surface area contributed by atoms with Crippen molar-refractivity contribution < 1.29 is 14.3 Å². The van der Waals surface area contributed by atoms with Gasteiger partial charge in [0, 0.05) is 18.0 Å². The van der Waals surface area contributed by atoms with Crippen LogP contribution >= 0.6 is 34.8 Å². The quantitative estimate of drug-likeness (QED) is 0.159. The molecule has 2 atom stereocenters. The van der Waals surface area contributed by atoms with E-state index in [0.29, 0.717) is 25.7 Å². The molecule has 0 aliphatic rings. The molecule has 1 amide bonds. The van der Waals surface area contributed by atoms with Crippen molar-refractivity contribution in [3.8, 4) is 11.8 Å². The van der Waals surface area contributed by atoms with Crippen molar-refractivity contribution in [2.75, 3.05) is 7.11 Å². The van der Waals surface area contributed by atoms with Crippen molar-refractivity contribution in [2.24, 2.45) is 5.92 Å². The second-order valence-electron chi connectivity index (χ2n) is 5.56. The molecule has 0 aromatic rings. The lowest BCUT2D eigenvalue weighted by molar-refractivity contribution is -0.147. The van der Waals surface area contributed by atoms with Crippen molar-refractivity contribution >= 4 is 47.2 Å². The summed E-state index contributed by atoms with van der Waals surface area (Å²) in [5.74, 6) is 5.08. The molecule has 1 N–H and O–H groups in total. The molecular formula is C18H26Cl3NO3. The fraction of sp³-hybridized carbons (Fsp3) is 0.667. The number of rotatable bonds is 13. The van der Waals surface area contributed by atoms with Crippen LogP contribution in [0.25, 0.3) is 0 Å². The van der Waals surface area contributed by atoms with Crippen LogP contribution < -0.4 is 5.32 Å². The van der Waals surface area contributed by atoms with Crippen molar-refractivity contribution in [3.05, 3.63) is 11.6 Å². The fourth-order valence-corrected chi connectivity index (χ4v) is 2.91. The Hall–Kier alpha value is -0.890. The van der Waals surface area contributed by atoms with Crippen LogP contribution in [0.1, 0.15) is 51.4 Å². The van der Waals surface area contributed by atoms with Crippen LogP contribution in [-0.2, 0) is 14.3 Å². The molecule has 2 unspecified atom stereocenters. The minimum absolute atomic E-state index is 0.260. The normalized spacial score (nSPS) is 13.2. The lowest BCUT2D eigenvalue weighted by Crippen LogP contribution is -2.40. The number of alkyl halides is 2. The standard InChI is InChI=1S/C18H26Cl3NO3/c1-25-18(24)15(10-6-5-8-12-17(20)21)16(22-14-23)11-7-3-2-4-9-13-19/h9,13-17H,3,5-8,10-12H2,1H3,(H,22,23)/b13-9+. The van der Waals surface area contributed by atoms with Gasteiger partial charge in [0.1, 0.15) is 4.84 Å². The SMILES string of the molecule is COC(=O)C(CCCCCC(Cl)Cl)C(CCCC#C/C=C/Cl)NC=O. The summed E-state index contributed by atoms with van der Waals surface area (Å²) in [5, 5.41) is 2.75. The Morgan fingerprint density at radius 1 is 1.16 bits per heavy atom. The molecule has 0 rings (SSSR count). The van der Waals surface area contributed by atoms with Gasteiger partial charge in [-0.1, -0.05) is 42.7 Å². The molecule has 0 fully saturated rings. The maximum absolute atomic E-state index is 12.1. The van der Waals surface area contributed by atoms with Crippen LogP contribution in [0.2, 0.25) is 0 Å². The largest absolute Gasteiger partial charge is 0.469 e. The molecule has 142 valence electrons. The molecule has 25 heavy (non-hydrogen) atoms. The lowest BCUT2D eigenvalue weighted by atomic mass is 9.90. The number of nitrogens with one attached hydrogen (secondary N) is 1. The number of amides is 1. The second-order valence-corrected chi connectivity index (χ2v) is 7.08. The number of esters is 1. The molecule has 0 heterocycles. The monoisotopic (exact) mass is 409 g/mol. The highest BCUT2D eigenvalue weighted by atomic mass is 35.5. The number of carbonyl (C=O) groups is 2. The highest BCUT2D eigenvalue weighted by Crippen LogP contribution is 2.21. The van der Waals surface area contributed by atoms with Gasteiger partial charge in [0.05, 0.1) is 13.0 Å². The smallest absolute Gasteiger partial charge is 0.310 e. The van der Waals surface area contributed by atoms with E-state index in [0.717, 1.165) is 32.1 Å². The van der Waals surface area contributed by atoms with Crippen molar-refractivity contribution in [1.82, 2.24) is 5.32 Å². The number of methoxy groups -OCH3 is 1. The molecule has 0 saturated carbocycles. The Bertz CT molecular complexity index is 458. The van der Waals surface area contributed by atoms with Crippen molar-refractivity contribution in [1.29, 1.82) is 0 Å². The number of carbonyl (C=O) groups excluding carboxylic acids is 2. The van der Waals surface area contributed by atoms with Crippen LogP contribution in [0.5, 0.6) is 0 Å². The van der Waals surface area contributed by atoms with E-state index in [1.807, 2.05) is 0 Å². The zero-order valence-corrected chi connectivity index (χ0v) is 16.7. The maximum Gasteiger partial charge on any atom is 0.310 e. The minimum Gasteiger partial charge on any atom is -0.469 e. The first kappa shape index (κ1) is 24.1. The molecule has 0 bridgehead atoms. The first-order valence-corrected chi connectivity index (χ1v) is 9.67. The van der Waals surface area contributed by atoms with Gasteiger partial charge < -0.3 is 10.1 Å². The van der Waals surface area contributed by atoms with Crippen LogP contribution in [0.3, 0.4) is 0 Å². The van der Waals surface area contributed by atoms with Gasteiger partial charge in [0.25, 0.3) is 0 Å². The van der Waals surface area contributed by atoms with E-state index in [1.54, 1.807) is 6.08 Å². The van der Waals surface area contributed by atoms with E-state index in [-0.39, 0.29) is 22.8 Å². The molecule has 0 saturated heterocycles. The molecule has 0 aliphatic carbocycles. The minimum atomic E-state index is -0.367. The van der Waals surface area contributed by atoms with Gasteiger partial charge in [-0.15, -0.1) is 23.2 Å². The van der Waals surface area contributed by atoms with Gasteiger partial charge in [-0.25, -0.2) is 0 Å². The number of ether oxygens (including phenoxy) is 1. The van der Waals surface area contributed by atoms with Gasteiger partial charge >= 0.3 is 5.97 Å². The summed E-state index contributed by atoms with van der Waals surface area (Å²) in [4.78, 5) is 22.7. The van der Waals surface area contributed by atoms with Crippen LogP contribution in [-0.4, -0.2) is 30.4 Å². The van der Waals surface area contributed by atoms with E-state index in [4.69, 9.17) is 39.5 Å². The van der Waals surface area contributed by atoms with Gasteiger partial charge in [-0.05, 0) is 31.8 Å². The predicted octanol–water partition coefficient (Wildman–Crippen LogP) is 4.57. The third kappa shape index (κ3) is 13.0. The average molecular weight is 411 g/mol. The maximum atomic E-state index is 12.1. The number of halogens is 3. The number of hydrogen-bond donors (Lipinski definition) is 1. The molecular weight excluding hydrogens is 385 g/mol. The summed E-state index contributed by atoms with van der Waals surface area (Å²) in [6, 6.07) is -0.260. The van der Waals surface area contributed by atoms with Gasteiger partial charge in [-0.2, -0.15) is 0 Å². The van der Waals surface area contributed by atoms with E-state index < -0.39 is 0 Å². The zero-order valence-electron chi connectivity index (χ0n) is 14.5. The topological polar surface area (TPSA) is 55.4 Å². The Morgan fingerprint density at radius 2 is 1.88 bits per heavy atom. The summed E-state index contributed by atoms with van der Waals surface area (Å²) in [6.45, 7) is 0. The first-order chi connectivity index (χ1) is 12.1. The molecule has 0 aromatic carbocycles. The van der Waals surface area contributed by atoms with Crippen LogP contribution in [0, 0.1) is 17.8 Å². The van der Waals surface area contributed by atoms with Crippen LogP contribution in [0.15, 0.2) is 11.6 Å². The number of allylic oxidation sites excluding steroid dienone is 1. The molecule has 7 heteroatoms. The Morgan fingerprint density at radius 3 is 2.48 bits per heavy atom. The summed E-state index contributed by atoms with van der Waals surface area (Å²) in [5.41, 5.74) is 1.35. The summed E-state index contributed by atoms with van der Waals surface area (Å²) in [6.07, 6.45) is 8.34. The molecule has 0 aliphatic heterocycles. The Balaban J connectivity index is 4.54. The molecule has 0 radical (unpaired) electrons. The lowest BCUT2D eigenvalue weighted by Gasteiger charge is -2.24. The highest BCUT2D eigenvalue weighted by molar-refractivity contribution is 6.44. The summed E-state index contributed by atoms with van der Waals surface area (Å²) in [7, 11) is 1.36. The molecule has 4 nitrogen and oxygen atoms in total. The van der Waals surface area contributed by atoms with E-state index in [2.05, 4.69) is 17.2 Å². The second kappa shape index (κ2) is 16.6. The van der Waals surface area contributed by atoms with E-state index in [1.165, 1.54) is 12.6 Å². The average Bonchev–Trinajstić information content (AvgIpc) is 2.59. The number of hydrogen-bond acceptors (Lipinski definition) is 3. The Kier molecular flexibility index (Phi) is 16.0. The zero-order chi connectivity index (χ0) is 18.9. The summed E-state index contributed by atoms with van der Waals surface area (Å²) < 4.78 is 4.91. The van der Waals surface area contributed by atoms with Gasteiger partial charge in [-0.3, -0.25) is 9.59 Å². The van der Waals surface area contributed by atoms with E-state index >= 15 is 0 Å². The first-order valence-electron chi connectivity index (χ1n) is 8.36. The van der Waals surface area contributed by atoms with Crippen molar-refractivity contribution in [2.45, 2.75) is 62.2 Å². The Labute approximate surface area is 165 Å². The van der Waals surface area contributed by atoms with Crippen molar-refractivity contribution in [3.63, 3.8) is 0 Å². The van der Waals surface area contributed by atoms with E-state index in [9.17, 15) is 9.59 Å². The van der Waals surface area contributed by atoms with Crippen LogP contribution in [0.4, 0.5) is 0 Å². The third-order valence-electron chi connectivity index (χ3n) is 3.77. The van der Waals surface area contributed by atoms with Gasteiger partial charge in [0.2, 0.25) is 6.41 Å². The fourth-order valence-electron chi connectivity index (χ4n) is 2.54. The summed E-state index contributed by atoms with van der Waals surface area (Å²) >= 11 is 16.8. The number of unbranched alkanes of at least 4 members (excludes halogenated alkanes) is 3.